The average molecular weight is 322 g/mol. The van der Waals surface area contributed by atoms with Crippen molar-refractivity contribution < 1.29 is 26.8 Å². The number of rotatable bonds is 4. The van der Waals surface area contributed by atoms with E-state index < -0.39 is 24.5 Å². The summed E-state index contributed by atoms with van der Waals surface area (Å²) in [4.78, 5) is 0. The van der Waals surface area contributed by atoms with Crippen molar-refractivity contribution in [3.8, 4) is 5.75 Å². The minimum Gasteiger partial charge on any atom is -0.423 e. The molecule has 0 spiro atoms. The molecule has 1 aliphatic heterocycles. The highest BCUT2D eigenvalue weighted by Gasteiger charge is 2.56. The molecule has 1 aliphatic rings. The smallest absolute Gasteiger partial charge is 0.416 e. The average Bonchev–Trinajstić information content (AvgIpc) is 2.57. The lowest BCUT2D eigenvalue weighted by Gasteiger charge is -2.28. The van der Waals surface area contributed by atoms with Crippen LogP contribution in [0, 0.1) is 0 Å². The number of benzene rings is 1. The van der Waals surface area contributed by atoms with E-state index >= 15 is 0 Å². The fourth-order valence-electron chi connectivity index (χ4n) is 2.69. The Morgan fingerprint density at radius 3 is 2.52 bits per heavy atom. The lowest BCUT2D eigenvalue weighted by atomic mass is 9.93. The van der Waals surface area contributed by atoms with Crippen LogP contribution in [0.3, 0.4) is 0 Å². The van der Waals surface area contributed by atoms with Gasteiger partial charge in [-0.15, -0.1) is 0 Å². The summed E-state index contributed by atoms with van der Waals surface area (Å²) in [7, 11) is -3.53. The van der Waals surface area contributed by atoms with Crippen molar-refractivity contribution in [1.29, 1.82) is 0 Å². The van der Waals surface area contributed by atoms with Gasteiger partial charge in [0.1, 0.15) is 10.9 Å². The molecule has 3 nitrogen and oxygen atoms in total. The number of hydrogen-bond acceptors (Lipinski definition) is 3. The van der Waals surface area contributed by atoms with E-state index in [-0.39, 0.29) is 12.4 Å². The Balaban J connectivity index is 2.55. The van der Waals surface area contributed by atoms with Gasteiger partial charge in [-0.25, -0.2) is 4.57 Å². The molecule has 2 atom stereocenters. The number of halogens is 3. The molecule has 0 N–H and O–H groups in total. The van der Waals surface area contributed by atoms with Crippen LogP contribution in [-0.4, -0.2) is 6.61 Å². The minimum absolute atomic E-state index is 0.0116. The molecule has 2 rings (SSSR count). The Hall–Kier alpha value is -1.00. The molecule has 0 aliphatic carbocycles. The lowest BCUT2D eigenvalue weighted by Crippen LogP contribution is -2.20. The van der Waals surface area contributed by atoms with Crippen LogP contribution < -0.4 is 4.52 Å². The molecular formula is C14H18F3O3P. The van der Waals surface area contributed by atoms with Gasteiger partial charge in [0.05, 0.1) is 12.2 Å². The molecule has 0 fully saturated rings. The largest absolute Gasteiger partial charge is 0.423 e. The van der Waals surface area contributed by atoms with Gasteiger partial charge in [0, 0.05) is 5.56 Å². The highest BCUT2D eigenvalue weighted by atomic mass is 31.2. The fourth-order valence-corrected chi connectivity index (χ4v) is 4.96. The molecular weight excluding hydrogens is 304 g/mol. The van der Waals surface area contributed by atoms with Crippen LogP contribution in [-0.2, 0) is 20.4 Å². The maximum atomic E-state index is 12.9. The predicted octanol–water partition coefficient (Wildman–Crippen LogP) is 5.34. The van der Waals surface area contributed by atoms with Crippen molar-refractivity contribution in [2.75, 3.05) is 6.61 Å². The van der Waals surface area contributed by atoms with Gasteiger partial charge in [0.15, 0.2) is 0 Å². The molecule has 7 heteroatoms. The number of hydrogen-bond donors (Lipinski definition) is 0. The molecule has 0 bridgehead atoms. The van der Waals surface area contributed by atoms with Crippen LogP contribution in [0.4, 0.5) is 13.2 Å². The molecule has 0 saturated carbocycles. The first-order chi connectivity index (χ1) is 9.68. The first-order valence-corrected chi connectivity index (χ1v) is 8.38. The summed E-state index contributed by atoms with van der Waals surface area (Å²) in [6, 6.07) is 3.26. The van der Waals surface area contributed by atoms with Crippen molar-refractivity contribution in [3.05, 3.63) is 29.3 Å². The number of alkyl halides is 3. The van der Waals surface area contributed by atoms with Gasteiger partial charge in [-0.2, -0.15) is 13.2 Å². The van der Waals surface area contributed by atoms with Gasteiger partial charge in [0.25, 0.3) is 0 Å². The summed E-state index contributed by atoms with van der Waals surface area (Å²) >= 11 is 0. The highest BCUT2D eigenvalue weighted by molar-refractivity contribution is 7.56. The normalized spacial score (nSPS) is 28.3. The zero-order valence-electron chi connectivity index (χ0n) is 12.2. The van der Waals surface area contributed by atoms with Crippen molar-refractivity contribution >= 4 is 7.60 Å². The quantitative estimate of drug-likeness (QED) is 0.702. The van der Waals surface area contributed by atoms with Crippen LogP contribution in [0.2, 0.25) is 0 Å². The third-order valence-electron chi connectivity index (χ3n) is 3.75. The molecule has 21 heavy (non-hydrogen) atoms. The molecule has 1 aromatic carbocycles. The molecule has 2 unspecified atom stereocenters. The number of fused-ring (bicyclic) bond motifs is 1. The summed E-state index contributed by atoms with van der Waals surface area (Å²) in [5.74, 6) is 0.0116. The van der Waals surface area contributed by atoms with Crippen molar-refractivity contribution in [2.24, 2.45) is 0 Å². The summed E-state index contributed by atoms with van der Waals surface area (Å²) in [6.07, 6.45) is -3.22. The van der Waals surface area contributed by atoms with E-state index in [1.807, 2.05) is 6.92 Å². The van der Waals surface area contributed by atoms with E-state index in [1.165, 1.54) is 6.07 Å². The van der Waals surface area contributed by atoms with Crippen molar-refractivity contribution in [1.82, 2.24) is 0 Å². The van der Waals surface area contributed by atoms with E-state index in [1.54, 1.807) is 13.8 Å². The first kappa shape index (κ1) is 16.4. The minimum atomic E-state index is -4.46. The maximum Gasteiger partial charge on any atom is 0.416 e. The summed E-state index contributed by atoms with van der Waals surface area (Å²) in [6.45, 7) is 5.51. The van der Waals surface area contributed by atoms with Gasteiger partial charge < -0.3 is 4.52 Å². The molecule has 1 aromatic rings. The van der Waals surface area contributed by atoms with E-state index in [0.717, 1.165) is 18.6 Å². The van der Waals surface area contributed by atoms with Crippen LogP contribution in [0.15, 0.2) is 18.2 Å². The Labute approximate surface area is 122 Å². The van der Waals surface area contributed by atoms with Gasteiger partial charge >= 0.3 is 13.8 Å². The second kappa shape index (κ2) is 5.33. The van der Waals surface area contributed by atoms with Crippen LogP contribution >= 0.6 is 7.60 Å². The second-order valence-corrected chi connectivity index (χ2v) is 7.66. The van der Waals surface area contributed by atoms with Gasteiger partial charge in [0.2, 0.25) is 0 Å². The Kier molecular flexibility index (Phi) is 4.15. The SMILES string of the molecule is CCCC1(C)c2ccc(C(F)(F)F)cc2OP1(=O)OCC. The zero-order chi connectivity index (χ0) is 15.9. The monoisotopic (exact) mass is 322 g/mol. The van der Waals surface area contributed by atoms with E-state index in [0.29, 0.717) is 12.0 Å². The van der Waals surface area contributed by atoms with E-state index in [9.17, 15) is 17.7 Å². The molecule has 0 radical (unpaired) electrons. The molecule has 1 heterocycles. The zero-order valence-corrected chi connectivity index (χ0v) is 13.1. The third-order valence-corrected chi connectivity index (χ3v) is 6.46. The Bertz CT molecular complexity index is 585. The van der Waals surface area contributed by atoms with Crippen LogP contribution in [0.5, 0.6) is 5.75 Å². The maximum absolute atomic E-state index is 12.9. The summed E-state index contributed by atoms with van der Waals surface area (Å²) in [5.41, 5.74) is -0.292. The molecule has 0 amide bonds. The van der Waals surface area contributed by atoms with E-state index in [4.69, 9.17) is 9.05 Å². The van der Waals surface area contributed by atoms with Gasteiger partial charge in [-0.1, -0.05) is 19.4 Å². The van der Waals surface area contributed by atoms with Crippen LogP contribution in [0.25, 0.3) is 0 Å². The van der Waals surface area contributed by atoms with Gasteiger partial charge in [-0.05, 0) is 32.4 Å². The fraction of sp³-hybridized carbons (Fsp3) is 0.571. The predicted molar refractivity (Wildman–Crippen MR) is 73.6 cm³/mol. The third kappa shape index (κ3) is 2.59. The Morgan fingerprint density at radius 1 is 1.33 bits per heavy atom. The summed E-state index contributed by atoms with van der Waals surface area (Å²) in [5, 5.41) is -0.906. The lowest BCUT2D eigenvalue weighted by molar-refractivity contribution is -0.137. The van der Waals surface area contributed by atoms with Gasteiger partial charge in [-0.3, -0.25) is 4.52 Å². The van der Waals surface area contributed by atoms with Crippen molar-refractivity contribution in [2.45, 2.75) is 44.9 Å². The molecule has 0 aromatic heterocycles. The van der Waals surface area contributed by atoms with Crippen LogP contribution in [0.1, 0.15) is 44.7 Å². The first-order valence-electron chi connectivity index (χ1n) is 6.84. The second-order valence-electron chi connectivity index (χ2n) is 5.24. The highest BCUT2D eigenvalue weighted by Crippen LogP contribution is 2.72. The standard InChI is InChI=1S/C14H18F3O3P/c1-4-8-13(3)11-7-6-10(14(15,16)17)9-12(11)20-21(13,18)19-5-2/h6-7,9H,4-5,8H2,1-3H3. The van der Waals surface area contributed by atoms with E-state index in [2.05, 4.69) is 0 Å². The topological polar surface area (TPSA) is 35.5 Å². The molecule has 118 valence electrons. The van der Waals surface area contributed by atoms with Crippen molar-refractivity contribution in [3.63, 3.8) is 0 Å². The Morgan fingerprint density at radius 2 is 2.00 bits per heavy atom. The summed E-state index contributed by atoms with van der Waals surface area (Å²) < 4.78 is 62.0. The molecule has 0 saturated heterocycles.